The van der Waals surface area contributed by atoms with Gasteiger partial charge in [0.25, 0.3) is 0 Å². The summed E-state index contributed by atoms with van der Waals surface area (Å²) in [4.78, 5) is 303. The summed E-state index contributed by atoms with van der Waals surface area (Å²) in [6, 6.07) is -5.34. The van der Waals surface area contributed by atoms with Gasteiger partial charge in [-0.2, -0.15) is 0 Å². The maximum atomic E-state index is 13.8. The predicted octanol–water partition coefficient (Wildman–Crippen LogP) is -7.54. The lowest BCUT2D eigenvalue weighted by molar-refractivity contribution is -0.155. The molecule has 10 unspecified atom stereocenters. The quantitative estimate of drug-likeness (QED) is 0.0213. The van der Waals surface area contributed by atoms with Gasteiger partial charge < -0.3 is 160 Å². The van der Waals surface area contributed by atoms with Crippen LogP contribution < -0.4 is 90.8 Å². The van der Waals surface area contributed by atoms with Gasteiger partial charge in [0.05, 0.1) is 85.6 Å². The van der Waals surface area contributed by atoms with E-state index in [1.165, 1.54) is 6.92 Å². The van der Waals surface area contributed by atoms with Gasteiger partial charge in [0.2, 0.25) is 94.5 Å². The summed E-state index contributed by atoms with van der Waals surface area (Å²) < 4.78 is 37.9. The molecule has 25 N–H and O–H groups in total. The number of ether oxygens (including phenoxy) is 7. The molecule has 16 amide bonds. The molecule has 0 bridgehead atoms. The molecular weight excluding hydrogens is 1880 g/mol. The number of nitrogens with two attached hydrogens (primary N) is 1. The smallest absolute Gasteiger partial charge is 0.326 e. The molecule has 1 rings (SSSR count). The molecule has 0 aliphatic heterocycles. The lowest BCUT2D eigenvalue weighted by Crippen LogP contribution is -2.56. The van der Waals surface area contributed by atoms with Crippen LogP contribution in [0, 0.1) is 5.92 Å². The molecule has 0 fully saturated rings. The lowest BCUT2D eigenvalue weighted by atomic mass is 10.0. The fraction of sp³-hybridized carbons (Fsp3) is 0.651. The number of hydrogen-bond acceptors (Lipinski definition) is 32. The Kier molecular flexibility index (Phi) is 63.6. The molecule has 10 atom stereocenters. The summed E-state index contributed by atoms with van der Waals surface area (Å²) >= 11 is 0. The summed E-state index contributed by atoms with van der Waals surface area (Å²) in [6.45, 7) is 4.65. The van der Waals surface area contributed by atoms with Crippen LogP contribution in [0.15, 0.2) is 30.3 Å². The fourth-order valence-electron chi connectivity index (χ4n) is 12.1. The van der Waals surface area contributed by atoms with Gasteiger partial charge in [0.15, 0.2) is 0 Å². The van der Waals surface area contributed by atoms with Gasteiger partial charge >= 0.3 is 47.8 Å². The average Bonchev–Trinajstić information content (AvgIpc) is 0.887. The van der Waals surface area contributed by atoms with Crippen molar-refractivity contribution < 1.29 is 184 Å². The second-order valence-corrected chi connectivity index (χ2v) is 32.9. The zero-order chi connectivity index (χ0) is 106. The van der Waals surface area contributed by atoms with Crippen LogP contribution in [-0.2, 0) is 155 Å². The minimum absolute atomic E-state index is 0.00629. The molecule has 792 valence electrons. The van der Waals surface area contributed by atoms with E-state index in [4.69, 9.17) is 59.3 Å². The highest BCUT2D eigenvalue weighted by Crippen LogP contribution is 2.13. The number of carbonyl (C=O) groups excluding carboxylic acids is 17. The molecule has 55 heteroatoms. The third-order valence-electron chi connectivity index (χ3n) is 19.1. The zero-order valence-electron chi connectivity index (χ0n) is 79.5. The SMILES string of the molecule is CC(C)CC(NC(=O)C(Cc1ccccc1)NC(=O)CN)C(=O)NCC(=O)NCCOCCOCCNC(=O)C(CCC(=O)NCCOCCOCC(=O)NC(CCC(=O)NC(CCC(=O)O)C(=O)O)C(=O)NC(C)CCC(=O)O)NC(=O)CCC(=O)NC(CC(=O)NCCOCCOCC(=O)NC(CCC(=O)NC(CCC(=O)O)C(=O)O)C(=O)NC(CCC(=O)O)C(=O)O)C(=O)NCC(=O)OC(C)(C)C. The number of hydrogen-bond donors (Lipinski definition) is 24. The highest BCUT2D eigenvalue weighted by Gasteiger charge is 2.34. The average molecular weight is 2020 g/mol. The van der Waals surface area contributed by atoms with Crippen LogP contribution in [0.2, 0.25) is 0 Å². The third kappa shape index (κ3) is 64.2. The number of nitrogens with one attached hydrogen (secondary N) is 16. The highest BCUT2D eigenvalue weighted by atomic mass is 16.6. The molecule has 1 aromatic carbocycles. The Hall–Kier alpha value is -13.8. The molecule has 55 nitrogen and oxygen atoms in total. The van der Waals surface area contributed by atoms with E-state index in [9.17, 15) is 130 Å². The van der Waals surface area contributed by atoms with Gasteiger partial charge in [-0.3, -0.25) is 101 Å². The van der Waals surface area contributed by atoms with Crippen LogP contribution in [0.5, 0.6) is 0 Å². The van der Waals surface area contributed by atoms with Crippen molar-refractivity contribution in [3.8, 4) is 0 Å². The zero-order valence-corrected chi connectivity index (χ0v) is 79.5. The Morgan fingerprint density at radius 1 is 0.305 bits per heavy atom. The van der Waals surface area contributed by atoms with Crippen molar-refractivity contribution in [1.29, 1.82) is 0 Å². The first kappa shape index (κ1) is 125. The first-order valence-electron chi connectivity index (χ1n) is 45.1. The lowest BCUT2D eigenvalue weighted by Gasteiger charge is -2.24. The molecule has 0 radical (unpaired) electrons. The second-order valence-electron chi connectivity index (χ2n) is 32.9. The largest absolute Gasteiger partial charge is 0.481 e. The minimum Gasteiger partial charge on any atom is -0.481 e. The van der Waals surface area contributed by atoms with Crippen LogP contribution in [-0.4, -0.2) is 369 Å². The normalized spacial score (nSPS) is 13.1. The molecule has 0 aliphatic carbocycles. The van der Waals surface area contributed by atoms with Crippen LogP contribution in [0.1, 0.15) is 163 Å². The summed E-state index contributed by atoms with van der Waals surface area (Å²) in [5.74, 6) is -24.6. The van der Waals surface area contributed by atoms with E-state index in [1.807, 2.05) is 13.8 Å². The molecule has 141 heavy (non-hydrogen) atoms. The van der Waals surface area contributed by atoms with Crippen molar-refractivity contribution in [2.45, 2.75) is 230 Å². The number of amides is 16. The molecule has 1 aromatic rings. The molecule has 0 saturated heterocycles. The number of esters is 1. The summed E-state index contributed by atoms with van der Waals surface area (Å²) in [7, 11) is 0. The second kappa shape index (κ2) is 71.6. The van der Waals surface area contributed by atoms with Crippen LogP contribution >= 0.6 is 0 Å². The minimum atomic E-state index is -1.77. The van der Waals surface area contributed by atoms with Gasteiger partial charge in [-0.25, -0.2) is 14.4 Å². The van der Waals surface area contributed by atoms with E-state index in [-0.39, 0.29) is 143 Å². The van der Waals surface area contributed by atoms with Crippen molar-refractivity contribution >= 4 is 142 Å². The van der Waals surface area contributed by atoms with Gasteiger partial charge in [0, 0.05) is 96.4 Å². The van der Waals surface area contributed by atoms with Gasteiger partial charge in [-0.05, 0) is 90.5 Å². The van der Waals surface area contributed by atoms with Crippen LogP contribution in [0.4, 0.5) is 0 Å². The monoisotopic (exact) mass is 2010 g/mol. The summed E-state index contributed by atoms with van der Waals surface area (Å²) in [6.07, 6.45) is -8.61. The van der Waals surface area contributed by atoms with Crippen LogP contribution in [0.25, 0.3) is 0 Å². The van der Waals surface area contributed by atoms with Crippen molar-refractivity contribution in [3.63, 3.8) is 0 Å². The molecule has 0 aliphatic rings. The Morgan fingerprint density at radius 2 is 0.638 bits per heavy atom. The number of carboxylic acids is 7. The van der Waals surface area contributed by atoms with Crippen molar-refractivity contribution in [3.05, 3.63) is 35.9 Å². The standard InChI is InChI=1S/C86H135N17O38/c1-50(2)42-59(103-82(128)60(101-68(110)45-87)43-52-10-8-7-9-11-52)78(124)92-46-69(111)90-30-34-135-36-37-138-35-31-91-77(123)53(13-19-62(104)88-28-32-136-38-40-139-48-70(112)96-54(80(126)94-51(3)12-24-72(114)115)14-20-63(105)98-56(83(129)130)16-25-73(116)117)95-65(107)22-23-66(108)100-61(79(125)93-47-76(122)141-86(4,5)6)44-67(109)89-29-33-137-39-41-140-49-71(113)97-55(81(127)102-58(85(133)134)18-27-75(120)121)15-21-64(106)99-57(84(131)132)17-26-74(118)119/h7-11,50-51,53-61H,12-49,87H2,1-6H3,(H,88,104)(H,89,109)(H,90,111)(H,91,123)(H,92,124)(H,93,125)(H,94,126)(H,95,107)(H,96,112)(H,97,113)(H,98,105)(H,99,106)(H,100,108)(H,101,110)(H,102,127)(H,103,128)(H,114,115)(H,116,117)(H,118,119)(H,120,121)(H,129,130)(H,131,132)(H,133,134). The molecule has 0 saturated carbocycles. The Labute approximate surface area is 810 Å². The fourth-order valence-corrected chi connectivity index (χ4v) is 12.1. The number of benzene rings is 1. The Bertz CT molecular complexity index is 4270. The van der Waals surface area contributed by atoms with E-state index < -0.39 is 318 Å². The van der Waals surface area contributed by atoms with E-state index in [0.717, 1.165) is 5.56 Å². The number of aliphatic carboxylic acids is 7. The van der Waals surface area contributed by atoms with Crippen molar-refractivity contribution in [2.75, 3.05) is 125 Å². The first-order valence-corrected chi connectivity index (χ1v) is 45.1. The van der Waals surface area contributed by atoms with Crippen LogP contribution in [0.3, 0.4) is 0 Å². The van der Waals surface area contributed by atoms with E-state index in [2.05, 4.69) is 85.1 Å². The van der Waals surface area contributed by atoms with E-state index in [0.29, 0.717) is 0 Å². The van der Waals surface area contributed by atoms with Crippen molar-refractivity contribution in [1.82, 2.24) is 85.1 Å². The predicted molar refractivity (Wildman–Crippen MR) is 484 cm³/mol. The Balaban J connectivity index is 3.17. The maximum absolute atomic E-state index is 13.8. The highest BCUT2D eigenvalue weighted by molar-refractivity contribution is 5.97. The van der Waals surface area contributed by atoms with E-state index >= 15 is 0 Å². The molecule has 0 spiro atoms. The van der Waals surface area contributed by atoms with Gasteiger partial charge in [0.1, 0.15) is 79.7 Å². The number of carbonyl (C=O) groups is 24. The first-order chi connectivity index (χ1) is 66.6. The summed E-state index contributed by atoms with van der Waals surface area (Å²) in [5.41, 5.74) is 5.22. The molecule has 0 aromatic heterocycles. The van der Waals surface area contributed by atoms with Gasteiger partial charge in [-0.15, -0.1) is 0 Å². The number of carboxylic acid groups (broad SMARTS) is 7. The summed E-state index contributed by atoms with van der Waals surface area (Å²) in [5, 5.41) is 103. The van der Waals surface area contributed by atoms with E-state index in [1.54, 1.807) is 51.1 Å². The molecular formula is C86H135N17O38. The maximum Gasteiger partial charge on any atom is 0.326 e. The van der Waals surface area contributed by atoms with Gasteiger partial charge in [-0.1, -0.05) is 44.2 Å². The Morgan fingerprint density at radius 3 is 1.08 bits per heavy atom. The topological polar surface area (TPSA) is 834 Å². The third-order valence-corrected chi connectivity index (χ3v) is 19.1. The number of rotatable bonds is 79. The molecule has 0 heterocycles. The van der Waals surface area contributed by atoms with Crippen molar-refractivity contribution in [2.24, 2.45) is 11.7 Å².